The van der Waals surface area contributed by atoms with Crippen LogP contribution in [0.2, 0.25) is 0 Å². The van der Waals surface area contributed by atoms with Crippen molar-refractivity contribution in [3.8, 4) is 0 Å². The number of benzene rings is 2. The molecule has 3 heterocycles. The van der Waals surface area contributed by atoms with Crippen molar-refractivity contribution in [3.05, 3.63) is 84.1 Å². The Balaban J connectivity index is 0.000000480. The minimum atomic E-state index is -1.82. The van der Waals surface area contributed by atoms with Gasteiger partial charge in [0, 0.05) is 49.3 Å². The van der Waals surface area contributed by atoms with Crippen LogP contribution in [0.1, 0.15) is 23.1 Å². The van der Waals surface area contributed by atoms with Crippen LogP contribution in [0, 0.1) is 0 Å². The van der Waals surface area contributed by atoms with Crippen LogP contribution < -0.4 is 0 Å². The Morgan fingerprint density at radius 2 is 1.86 bits per heavy atom. The summed E-state index contributed by atoms with van der Waals surface area (Å²) in [6.07, 6.45) is 7.83. The van der Waals surface area contributed by atoms with Gasteiger partial charge in [0.2, 0.25) is 0 Å². The summed E-state index contributed by atoms with van der Waals surface area (Å²) in [4.78, 5) is 30.8. The summed E-state index contributed by atoms with van der Waals surface area (Å²) in [6.45, 7) is 5.22. The normalized spacial score (nSPS) is 15.6. The minimum Gasteiger partial charge on any atom is -0.473 e. The van der Waals surface area contributed by atoms with Gasteiger partial charge in [-0.25, -0.2) is 19.3 Å². The van der Waals surface area contributed by atoms with Crippen molar-refractivity contribution in [2.45, 2.75) is 32.0 Å². The third-order valence-electron chi connectivity index (χ3n) is 6.68. The molecule has 1 fully saturated rings. The van der Waals surface area contributed by atoms with Crippen molar-refractivity contribution < 1.29 is 19.8 Å². The number of likely N-dealkylation sites (tertiary alicyclic amines) is 1. The Bertz CT molecular complexity index is 1290. The van der Waals surface area contributed by atoms with Gasteiger partial charge in [0.15, 0.2) is 0 Å². The topological polar surface area (TPSA) is 128 Å². The highest BCUT2D eigenvalue weighted by Gasteiger charge is 2.25. The highest BCUT2D eigenvalue weighted by atomic mass is 16.4. The van der Waals surface area contributed by atoms with E-state index in [0.29, 0.717) is 6.04 Å². The molecular weight excluding hydrogens is 472 g/mol. The highest BCUT2D eigenvalue weighted by molar-refractivity contribution is 6.27. The Morgan fingerprint density at radius 1 is 1.08 bits per heavy atom. The van der Waals surface area contributed by atoms with Crippen LogP contribution in [0.15, 0.2) is 67.4 Å². The molecule has 4 aromatic rings. The first-order chi connectivity index (χ1) is 17.9. The standard InChI is InChI=1S/C25H30N6.C2H2O4/c1-29(23-10-12-30(17-23)15-20-5-3-2-4-6-20)11-9-22-14-27-25-8-7-21(13-24(22)25)16-31-19-26-18-28-31;3-1(4)2(5)6/h2-8,13-14,18-19,23,27H,9-12,15-17H2,1H3;(H,3,4)(H,5,6)/t23-;/m1./s1. The summed E-state index contributed by atoms with van der Waals surface area (Å²) in [5.74, 6) is -3.65. The number of carboxylic acids is 2. The van der Waals surface area contributed by atoms with Crippen LogP contribution in [0.5, 0.6) is 0 Å². The first-order valence-electron chi connectivity index (χ1n) is 12.2. The van der Waals surface area contributed by atoms with E-state index in [1.807, 2.05) is 4.68 Å². The molecule has 10 nitrogen and oxygen atoms in total. The molecular formula is C27H32N6O4. The zero-order chi connectivity index (χ0) is 26.2. The Morgan fingerprint density at radius 3 is 2.57 bits per heavy atom. The van der Waals surface area contributed by atoms with Gasteiger partial charge in [0.25, 0.3) is 0 Å². The number of aromatic amines is 1. The van der Waals surface area contributed by atoms with E-state index in [1.165, 1.54) is 40.6 Å². The van der Waals surface area contributed by atoms with E-state index in [4.69, 9.17) is 19.8 Å². The van der Waals surface area contributed by atoms with E-state index in [1.54, 1.807) is 12.7 Å². The molecule has 0 unspecified atom stereocenters. The SMILES string of the molecule is CN(CCc1c[nH]c2ccc(Cn3cncn3)cc12)[C@@H]1CCN(Cc2ccccc2)C1.O=C(O)C(=O)O. The van der Waals surface area contributed by atoms with Gasteiger partial charge in [-0.2, -0.15) is 5.10 Å². The van der Waals surface area contributed by atoms with Gasteiger partial charge in [0.05, 0.1) is 6.54 Å². The van der Waals surface area contributed by atoms with Crippen molar-refractivity contribution in [2.75, 3.05) is 26.7 Å². The van der Waals surface area contributed by atoms with Gasteiger partial charge >= 0.3 is 11.9 Å². The third kappa shape index (κ3) is 7.25. The molecule has 1 aliphatic heterocycles. The molecule has 5 rings (SSSR count). The zero-order valence-corrected chi connectivity index (χ0v) is 20.8. The molecule has 1 saturated heterocycles. The molecule has 194 valence electrons. The fourth-order valence-electron chi connectivity index (χ4n) is 4.67. The van der Waals surface area contributed by atoms with E-state index < -0.39 is 11.9 Å². The van der Waals surface area contributed by atoms with Crippen LogP contribution >= 0.6 is 0 Å². The van der Waals surface area contributed by atoms with Crippen molar-refractivity contribution in [3.63, 3.8) is 0 Å². The molecule has 37 heavy (non-hydrogen) atoms. The lowest BCUT2D eigenvalue weighted by molar-refractivity contribution is -0.159. The number of fused-ring (bicyclic) bond motifs is 1. The number of nitrogens with zero attached hydrogens (tertiary/aromatic N) is 5. The van der Waals surface area contributed by atoms with Crippen LogP contribution in [-0.2, 0) is 29.1 Å². The van der Waals surface area contributed by atoms with Crippen molar-refractivity contribution in [1.29, 1.82) is 0 Å². The molecule has 3 N–H and O–H groups in total. The molecule has 0 spiro atoms. The Labute approximate surface area is 215 Å². The molecule has 0 saturated carbocycles. The second-order valence-corrected chi connectivity index (χ2v) is 9.29. The lowest BCUT2D eigenvalue weighted by Gasteiger charge is -2.24. The van der Waals surface area contributed by atoms with E-state index >= 15 is 0 Å². The zero-order valence-electron chi connectivity index (χ0n) is 20.8. The number of nitrogens with one attached hydrogen (secondary N) is 1. The number of hydrogen-bond donors (Lipinski definition) is 3. The van der Waals surface area contributed by atoms with Crippen LogP contribution in [0.3, 0.4) is 0 Å². The van der Waals surface area contributed by atoms with Crippen LogP contribution in [0.4, 0.5) is 0 Å². The number of carboxylic acid groups (broad SMARTS) is 2. The summed E-state index contributed by atoms with van der Waals surface area (Å²) in [7, 11) is 2.28. The average Bonchev–Trinajstić information content (AvgIpc) is 3.65. The summed E-state index contributed by atoms with van der Waals surface area (Å²) < 4.78 is 1.86. The molecule has 0 aliphatic carbocycles. The largest absolute Gasteiger partial charge is 0.473 e. The maximum absolute atomic E-state index is 9.10. The van der Waals surface area contributed by atoms with E-state index in [9.17, 15) is 0 Å². The summed E-state index contributed by atoms with van der Waals surface area (Å²) in [5.41, 5.74) is 5.25. The quantitative estimate of drug-likeness (QED) is 0.313. The summed E-state index contributed by atoms with van der Waals surface area (Å²) in [6, 6.07) is 18.1. The number of aliphatic carboxylic acids is 2. The number of hydrogen-bond acceptors (Lipinski definition) is 6. The predicted molar refractivity (Wildman–Crippen MR) is 139 cm³/mol. The second-order valence-electron chi connectivity index (χ2n) is 9.29. The first-order valence-corrected chi connectivity index (χ1v) is 12.2. The predicted octanol–water partition coefficient (Wildman–Crippen LogP) is 2.71. The summed E-state index contributed by atoms with van der Waals surface area (Å²) in [5, 5.41) is 20.3. The maximum atomic E-state index is 9.10. The monoisotopic (exact) mass is 504 g/mol. The molecule has 0 bridgehead atoms. The number of carbonyl (C=O) groups is 2. The van der Waals surface area contributed by atoms with Gasteiger partial charge < -0.3 is 20.1 Å². The average molecular weight is 505 g/mol. The molecule has 2 aromatic heterocycles. The van der Waals surface area contributed by atoms with Crippen LogP contribution in [0.25, 0.3) is 10.9 Å². The van der Waals surface area contributed by atoms with Gasteiger partial charge in [-0.1, -0.05) is 36.4 Å². The van der Waals surface area contributed by atoms with Crippen molar-refractivity contribution in [2.24, 2.45) is 0 Å². The van der Waals surface area contributed by atoms with Gasteiger partial charge in [-0.3, -0.25) is 4.90 Å². The number of likely N-dealkylation sites (N-methyl/N-ethyl adjacent to an activating group) is 1. The van der Waals surface area contributed by atoms with Crippen molar-refractivity contribution >= 4 is 22.8 Å². The lowest BCUT2D eigenvalue weighted by Crippen LogP contribution is -2.35. The summed E-state index contributed by atoms with van der Waals surface area (Å²) >= 11 is 0. The lowest BCUT2D eigenvalue weighted by atomic mass is 10.1. The number of H-pyrrole nitrogens is 1. The highest BCUT2D eigenvalue weighted by Crippen LogP contribution is 2.22. The van der Waals surface area contributed by atoms with Gasteiger partial charge in [0.1, 0.15) is 12.7 Å². The van der Waals surface area contributed by atoms with Crippen molar-refractivity contribution in [1.82, 2.24) is 29.5 Å². The maximum Gasteiger partial charge on any atom is 0.414 e. The van der Waals surface area contributed by atoms with E-state index in [-0.39, 0.29) is 0 Å². The Hall–Kier alpha value is -4.02. The first kappa shape index (κ1) is 26.1. The van der Waals surface area contributed by atoms with Gasteiger partial charge in [-0.05, 0) is 48.7 Å². The fraction of sp³-hybridized carbons (Fsp3) is 0.333. The fourth-order valence-corrected chi connectivity index (χ4v) is 4.67. The molecule has 1 atom stereocenters. The van der Waals surface area contributed by atoms with Crippen LogP contribution in [-0.4, -0.2) is 84.4 Å². The molecule has 10 heteroatoms. The third-order valence-corrected chi connectivity index (χ3v) is 6.68. The number of aromatic nitrogens is 4. The van der Waals surface area contributed by atoms with E-state index in [2.05, 4.69) is 86.6 Å². The Kier molecular flexibility index (Phi) is 8.65. The minimum absolute atomic E-state index is 0.636. The smallest absolute Gasteiger partial charge is 0.414 e. The number of rotatable bonds is 8. The van der Waals surface area contributed by atoms with Gasteiger partial charge in [-0.15, -0.1) is 0 Å². The second kappa shape index (κ2) is 12.3. The molecule has 0 radical (unpaired) electrons. The molecule has 2 aromatic carbocycles. The molecule has 1 aliphatic rings. The molecule has 0 amide bonds. The van der Waals surface area contributed by atoms with E-state index in [0.717, 1.165) is 32.6 Å².